The van der Waals surface area contributed by atoms with E-state index in [0.29, 0.717) is 12.6 Å². The lowest BCUT2D eigenvalue weighted by molar-refractivity contribution is 0.0286. The molecule has 0 amide bonds. The minimum atomic E-state index is 0.353. The molecule has 0 saturated carbocycles. The third kappa shape index (κ3) is 3.34. The molecule has 2 atom stereocenters. The number of nitrogens with two attached hydrogens (primary N) is 1. The molecule has 4 heteroatoms. The van der Waals surface area contributed by atoms with Gasteiger partial charge >= 0.3 is 0 Å². The van der Waals surface area contributed by atoms with Crippen molar-refractivity contribution in [3.63, 3.8) is 0 Å². The van der Waals surface area contributed by atoms with E-state index in [0.717, 1.165) is 12.6 Å². The third-order valence-corrected chi connectivity index (χ3v) is 5.97. The van der Waals surface area contributed by atoms with Gasteiger partial charge < -0.3 is 5.73 Å². The van der Waals surface area contributed by atoms with E-state index in [9.17, 15) is 0 Å². The second kappa shape index (κ2) is 6.78. The number of hydrogen-bond donors (Lipinski definition) is 1. The van der Waals surface area contributed by atoms with Crippen LogP contribution in [0.15, 0.2) is 22.7 Å². The first-order valence-electron chi connectivity index (χ1n) is 8.13. The van der Waals surface area contributed by atoms with Crippen LogP contribution in [0.25, 0.3) is 0 Å². The SMILES string of the molecule is Cc1ccc(C(CN)N2CCN3CCCCC3C2)cc1Br. The number of rotatable bonds is 3. The number of nitrogens with zero attached hydrogens (tertiary/aromatic N) is 2. The van der Waals surface area contributed by atoms with Gasteiger partial charge in [-0.2, -0.15) is 0 Å². The van der Waals surface area contributed by atoms with E-state index < -0.39 is 0 Å². The van der Waals surface area contributed by atoms with Crippen molar-refractivity contribution in [2.24, 2.45) is 5.73 Å². The maximum Gasteiger partial charge on any atom is 0.0472 e. The van der Waals surface area contributed by atoms with E-state index in [1.165, 1.54) is 54.5 Å². The number of hydrogen-bond acceptors (Lipinski definition) is 3. The Hall–Kier alpha value is -0.420. The summed E-state index contributed by atoms with van der Waals surface area (Å²) >= 11 is 3.66. The summed E-state index contributed by atoms with van der Waals surface area (Å²) in [5, 5.41) is 0. The summed E-state index contributed by atoms with van der Waals surface area (Å²) in [6.07, 6.45) is 4.12. The second-order valence-electron chi connectivity index (χ2n) is 6.44. The highest BCUT2D eigenvalue weighted by atomic mass is 79.9. The lowest BCUT2D eigenvalue weighted by Crippen LogP contribution is -2.56. The van der Waals surface area contributed by atoms with Crippen LogP contribution in [0.4, 0.5) is 0 Å². The van der Waals surface area contributed by atoms with E-state index in [2.05, 4.69) is 50.9 Å². The van der Waals surface area contributed by atoms with Crippen molar-refractivity contribution in [1.29, 1.82) is 0 Å². The average molecular weight is 352 g/mol. The summed E-state index contributed by atoms with van der Waals surface area (Å²) in [6, 6.07) is 7.78. The summed E-state index contributed by atoms with van der Waals surface area (Å²) < 4.78 is 1.19. The van der Waals surface area contributed by atoms with Crippen molar-refractivity contribution in [2.45, 2.75) is 38.3 Å². The number of fused-ring (bicyclic) bond motifs is 1. The van der Waals surface area contributed by atoms with Gasteiger partial charge in [-0.25, -0.2) is 0 Å². The molecule has 116 valence electrons. The largest absolute Gasteiger partial charge is 0.329 e. The molecule has 2 N–H and O–H groups in total. The lowest BCUT2D eigenvalue weighted by atomic mass is 9.96. The first kappa shape index (κ1) is 15.5. The van der Waals surface area contributed by atoms with Gasteiger partial charge in [-0.15, -0.1) is 0 Å². The van der Waals surface area contributed by atoms with Gasteiger partial charge in [0, 0.05) is 42.7 Å². The Morgan fingerprint density at radius 3 is 2.90 bits per heavy atom. The Kier molecular flexibility index (Phi) is 4.99. The van der Waals surface area contributed by atoms with Gasteiger partial charge in [0.15, 0.2) is 0 Å². The van der Waals surface area contributed by atoms with Crippen LogP contribution >= 0.6 is 15.9 Å². The molecule has 21 heavy (non-hydrogen) atoms. The van der Waals surface area contributed by atoms with Crippen molar-refractivity contribution in [3.05, 3.63) is 33.8 Å². The van der Waals surface area contributed by atoms with Gasteiger partial charge in [0.25, 0.3) is 0 Å². The summed E-state index contributed by atoms with van der Waals surface area (Å²) in [5.41, 5.74) is 8.75. The van der Waals surface area contributed by atoms with Crippen molar-refractivity contribution >= 4 is 15.9 Å². The molecule has 2 unspecified atom stereocenters. The molecule has 3 nitrogen and oxygen atoms in total. The van der Waals surface area contributed by atoms with Crippen LogP contribution in [-0.4, -0.2) is 48.6 Å². The van der Waals surface area contributed by atoms with Gasteiger partial charge in [-0.05, 0) is 43.5 Å². The maximum absolute atomic E-state index is 6.12. The number of benzene rings is 1. The molecular weight excluding hydrogens is 326 g/mol. The van der Waals surface area contributed by atoms with Crippen LogP contribution in [0.1, 0.15) is 36.4 Å². The molecule has 1 aromatic carbocycles. The maximum atomic E-state index is 6.12. The van der Waals surface area contributed by atoms with Gasteiger partial charge in [-0.3, -0.25) is 9.80 Å². The highest BCUT2D eigenvalue weighted by molar-refractivity contribution is 9.10. The van der Waals surface area contributed by atoms with Gasteiger partial charge in [0.05, 0.1) is 0 Å². The fraction of sp³-hybridized carbons (Fsp3) is 0.647. The molecule has 1 aromatic rings. The predicted molar refractivity (Wildman–Crippen MR) is 91.5 cm³/mol. The second-order valence-corrected chi connectivity index (χ2v) is 7.29. The van der Waals surface area contributed by atoms with Gasteiger partial charge in [0.2, 0.25) is 0 Å². The summed E-state index contributed by atoms with van der Waals surface area (Å²) in [5.74, 6) is 0. The zero-order chi connectivity index (χ0) is 14.8. The fourth-order valence-corrected chi connectivity index (χ4v) is 4.17. The molecule has 2 fully saturated rings. The normalized spacial score (nSPS) is 25.6. The quantitative estimate of drug-likeness (QED) is 0.908. The molecule has 0 bridgehead atoms. The lowest BCUT2D eigenvalue weighted by Gasteiger charge is -2.46. The minimum Gasteiger partial charge on any atom is -0.329 e. The van der Waals surface area contributed by atoms with Crippen LogP contribution in [0, 0.1) is 6.92 Å². The minimum absolute atomic E-state index is 0.353. The van der Waals surface area contributed by atoms with E-state index >= 15 is 0 Å². The number of piperazine rings is 1. The van der Waals surface area contributed by atoms with Crippen LogP contribution in [0.2, 0.25) is 0 Å². The first-order valence-corrected chi connectivity index (χ1v) is 8.92. The molecule has 2 saturated heterocycles. The Morgan fingerprint density at radius 1 is 1.29 bits per heavy atom. The fourth-order valence-electron chi connectivity index (χ4n) is 3.78. The molecule has 2 heterocycles. The number of piperidine rings is 1. The zero-order valence-electron chi connectivity index (χ0n) is 12.9. The van der Waals surface area contributed by atoms with Gasteiger partial charge in [-0.1, -0.05) is 34.5 Å². The van der Waals surface area contributed by atoms with Crippen molar-refractivity contribution < 1.29 is 0 Å². The van der Waals surface area contributed by atoms with Crippen LogP contribution in [0.3, 0.4) is 0 Å². The average Bonchev–Trinajstić information content (AvgIpc) is 2.51. The Bertz CT molecular complexity index is 491. The standard InChI is InChI=1S/C17H26BrN3/c1-13-5-6-14(10-16(13)18)17(11-19)21-9-8-20-7-3-2-4-15(20)12-21/h5-6,10,15,17H,2-4,7-9,11-12,19H2,1H3. The molecule has 2 aliphatic rings. The van der Waals surface area contributed by atoms with Crippen molar-refractivity contribution in [2.75, 3.05) is 32.7 Å². The molecule has 0 radical (unpaired) electrons. The van der Waals surface area contributed by atoms with E-state index in [1.807, 2.05) is 0 Å². The number of halogens is 1. The first-order chi connectivity index (χ1) is 10.2. The topological polar surface area (TPSA) is 32.5 Å². The summed E-state index contributed by atoms with van der Waals surface area (Å²) in [4.78, 5) is 5.28. The molecule has 0 spiro atoms. The van der Waals surface area contributed by atoms with Crippen LogP contribution in [0.5, 0.6) is 0 Å². The van der Waals surface area contributed by atoms with Crippen LogP contribution in [-0.2, 0) is 0 Å². The molecule has 0 aliphatic carbocycles. The highest BCUT2D eigenvalue weighted by Crippen LogP contribution is 2.29. The Labute approximate surface area is 136 Å². The Balaban J connectivity index is 1.75. The van der Waals surface area contributed by atoms with E-state index in [-0.39, 0.29) is 0 Å². The van der Waals surface area contributed by atoms with Crippen molar-refractivity contribution in [3.8, 4) is 0 Å². The molecule has 3 rings (SSSR count). The van der Waals surface area contributed by atoms with E-state index in [1.54, 1.807) is 0 Å². The zero-order valence-corrected chi connectivity index (χ0v) is 14.5. The molecule has 2 aliphatic heterocycles. The molecule has 0 aromatic heterocycles. The van der Waals surface area contributed by atoms with Crippen molar-refractivity contribution in [1.82, 2.24) is 9.80 Å². The van der Waals surface area contributed by atoms with E-state index in [4.69, 9.17) is 5.73 Å². The summed E-state index contributed by atoms with van der Waals surface area (Å²) in [7, 11) is 0. The summed E-state index contributed by atoms with van der Waals surface area (Å²) in [6.45, 7) is 7.64. The third-order valence-electron chi connectivity index (χ3n) is 5.11. The smallest absolute Gasteiger partial charge is 0.0472 e. The number of aryl methyl sites for hydroxylation is 1. The Morgan fingerprint density at radius 2 is 2.14 bits per heavy atom. The van der Waals surface area contributed by atoms with Crippen LogP contribution < -0.4 is 5.73 Å². The predicted octanol–water partition coefficient (Wildman–Crippen LogP) is 2.93. The van der Waals surface area contributed by atoms with Gasteiger partial charge in [0.1, 0.15) is 0 Å². The monoisotopic (exact) mass is 351 g/mol. The molecular formula is C17H26BrN3. The highest BCUT2D eigenvalue weighted by Gasteiger charge is 2.32.